The Morgan fingerprint density at radius 2 is 1.05 bits per heavy atom. The second kappa shape index (κ2) is 20.7. The number of hydrogen-bond acceptors (Lipinski definition) is 8. The van der Waals surface area contributed by atoms with Crippen molar-refractivity contribution >= 4 is 48.0 Å². The number of amidine groups is 2. The Balaban J connectivity index is 0.000000682. The van der Waals surface area contributed by atoms with Crippen molar-refractivity contribution in [2.75, 3.05) is 26.2 Å². The molecule has 2 N–H and O–H groups in total. The maximum atomic E-state index is 5.24. The summed E-state index contributed by atoms with van der Waals surface area (Å²) >= 11 is 10.5. The average Bonchev–Trinajstić information content (AvgIpc) is 3.46. The fraction of sp³-hybridized carbons (Fsp3) is 0.583. The molecule has 0 atom stereocenters. The van der Waals surface area contributed by atoms with Crippen molar-refractivity contribution in [1.82, 2.24) is 30.2 Å². The van der Waals surface area contributed by atoms with E-state index >= 15 is 0 Å². The summed E-state index contributed by atoms with van der Waals surface area (Å²) in [6.07, 6.45) is 7.42. The van der Waals surface area contributed by atoms with Crippen LogP contribution in [0.5, 0.6) is 0 Å². The largest absolute Gasteiger partial charge is 3.00 e. The van der Waals surface area contributed by atoms with Crippen LogP contribution in [0.1, 0.15) is 76.2 Å². The summed E-state index contributed by atoms with van der Waals surface area (Å²) in [6, 6.07) is 3.80. The van der Waals surface area contributed by atoms with Crippen LogP contribution in [0.15, 0.2) is 32.5 Å². The third-order valence-corrected chi connectivity index (χ3v) is 5.31. The van der Waals surface area contributed by atoms with Crippen molar-refractivity contribution in [3.05, 3.63) is 34.9 Å². The van der Waals surface area contributed by atoms with Gasteiger partial charge in [-0.3, -0.25) is 10.2 Å². The van der Waals surface area contributed by atoms with Crippen LogP contribution in [0.3, 0.4) is 0 Å². The van der Waals surface area contributed by atoms with Gasteiger partial charge in [-0.15, -0.1) is 0 Å². The van der Waals surface area contributed by atoms with E-state index in [1.54, 1.807) is 12.4 Å². The molecule has 0 aliphatic heterocycles. The summed E-state index contributed by atoms with van der Waals surface area (Å²) in [5.74, 6) is 0. The van der Waals surface area contributed by atoms with Crippen LogP contribution in [-0.2, 0) is 42.0 Å². The van der Waals surface area contributed by atoms with Gasteiger partial charge in [0.1, 0.15) is 11.4 Å². The Morgan fingerprint density at radius 1 is 0.730 bits per heavy atom. The number of aromatic nitrogens is 4. The van der Waals surface area contributed by atoms with Crippen LogP contribution in [-0.4, -0.2) is 79.1 Å². The fourth-order valence-corrected chi connectivity index (χ4v) is 3.56. The van der Waals surface area contributed by atoms with Gasteiger partial charge in [-0.2, -0.15) is 30.6 Å². The molecule has 0 amide bonds. The van der Waals surface area contributed by atoms with E-state index in [-0.39, 0.29) is 16.8 Å². The van der Waals surface area contributed by atoms with Crippen LogP contribution in [0.4, 0.5) is 0 Å². The second-order valence-electron chi connectivity index (χ2n) is 8.18. The molecule has 0 fully saturated rings. The summed E-state index contributed by atoms with van der Waals surface area (Å²) in [5, 5.41) is 30.9. The first kappa shape index (κ1) is 34.6. The molecule has 0 aliphatic rings. The van der Waals surface area contributed by atoms with E-state index in [2.05, 4.69) is 78.3 Å². The Morgan fingerprint density at radius 3 is 1.30 bits per heavy atom. The van der Waals surface area contributed by atoms with Crippen molar-refractivity contribution in [1.29, 1.82) is 0 Å². The Kier molecular flexibility index (Phi) is 19.4. The zero-order valence-corrected chi connectivity index (χ0v) is 25.4. The molecule has 0 spiro atoms. The molecule has 2 heterocycles. The first-order valence-corrected chi connectivity index (χ1v) is 13.3. The molecular formula is C24H40CoN10S2+. The molecule has 0 aliphatic carbocycles. The van der Waals surface area contributed by atoms with Gasteiger partial charge in [-0.1, -0.05) is 27.7 Å². The third kappa shape index (κ3) is 14.8. The Labute approximate surface area is 243 Å². The number of aromatic amines is 2. The van der Waals surface area contributed by atoms with Gasteiger partial charge in [-0.25, -0.2) is 0 Å². The zero-order valence-electron chi connectivity index (χ0n) is 22.7. The quantitative estimate of drug-likeness (QED) is 0.166. The molecule has 0 saturated carbocycles. The molecule has 0 unspecified atom stereocenters. The van der Waals surface area contributed by atoms with E-state index in [4.69, 9.17) is 25.3 Å². The van der Waals surface area contributed by atoms with Gasteiger partial charge in [0, 0.05) is 47.9 Å². The van der Waals surface area contributed by atoms with Gasteiger partial charge >= 0.3 is 16.8 Å². The molecule has 0 aromatic carbocycles. The van der Waals surface area contributed by atoms with E-state index in [1.807, 2.05) is 26.0 Å². The normalized spacial score (nSPS) is 11.9. The molecule has 2 aromatic heterocycles. The van der Waals surface area contributed by atoms with Gasteiger partial charge in [0.15, 0.2) is 0 Å². The summed E-state index contributed by atoms with van der Waals surface area (Å²) in [6.45, 7) is 16.1. The minimum atomic E-state index is 0. The zero-order chi connectivity index (χ0) is 26.8. The van der Waals surface area contributed by atoms with Crippen molar-refractivity contribution in [2.24, 2.45) is 20.4 Å². The number of nitrogens with zero attached hydrogens (tertiary/aromatic N) is 8. The van der Waals surface area contributed by atoms with E-state index in [0.717, 1.165) is 74.6 Å². The van der Waals surface area contributed by atoms with Gasteiger partial charge < -0.3 is 35.1 Å². The van der Waals surface area contributed by atoms with Crippen LogP contribution < -0.4 is 0 Å². The van der Waals surface area contributed by atoms with Crippen LogP contribution >= 0.6 is 0 Å². The average molecular weight is 592 g/mol. The second-order valence-corrected chi connectivity index (χ2v) is 8.91. The molecule has 37 heavy (non-hydrogen) atoms. The molecule has 2 rings (SSSR count). The van der Waals surface area contributed by atoms with E-state index in [1.165, 1.54) is 0 Å². The van der Waals surface area contributed by atoms with Gasteiger partial charge in [-0.05, 0) is 51.7 Å². The monoisotopic (exact) mass is 591 g/mol. The predicted octanol–water partition coefficient (Wildman–Crippen LogP) is 4.15. The minimum absolute atomic E-state index is 0. The van der Waals surface area contributed by atoms with Crippen LogP contribution in [0.25, 0.3) is 0 Å². The molecule has 0 saturated heterocycles. The first-order valence-electron chi connectivity index (χ1n) is 12.4. The number of hydrogen-bond donors (Lipinski definition) is 2. The van der Waals surface area contributed by atoms with Gasteiger partial charge in [0.05, 0.1) is 12.4 Å². The smallest absolute Gasteiger partial charge is 0.741 e. The molecule has 10 nitrogen and oxygen atoms in total. The van der Waals surface area contributed by atoms with Crippen molar-refractivity contribution in [3.63, 3.8) is 0 Å². The SMILES string of the molecule is CCCN(CCC)C([S-])=NN=Cc1cc(C)[nH]n1.CCCN(CCC)C([S-])=NN=Cc1cc(C)[nH]n1.[Co+3]. The van der Waals surface area contributed by atoms with Crippen molar-refractivity contribution in [2.45, 2.75) is 67.2 Å². The summed E-state index contributed by atoms with van der Waals surface area (Å²) in [5.41, 5.74) is 3.52. The Bertz CT molecular complexity index is 894. The van der Waals surface area contributed by atoms with E-state index in [9.17, 15) is 0 Å². The topological polar surface area (TPSA) is 113 Å². The number of H-pyrrole nitrogens is 2. The molecular weight excluding hydrogens is 551 g/mol. The van der Waals surface area contributed by atoms with E-state index in [0.29, 0.717) is 10.3 Å². The Hall–Kier alpha value is -2.35. The van der Waals surface area contributed by atoms with Gasteiger partial charge in [0.2, 0.25) is 0 Å². The molecule has 0 bridgehead atoms. The number of nitrogens with one attached hydrogen (secondary N) is 2. The van der Waals surface area contributed by atoms with Crippen LogP contribution in [0.2, 0.25) is 0 Å². The molecule has 0 radical (unpaired) electrons. The third-order valence-electron chi connectivity index (χ3n) is 4.63. The van der Waals surface area contributed by atoms with Crippen LogP contribution in [0, 0.1) is 13.8 Å². The predicted molar refractivity (Wildman–Crippen MR) is 156 cm³/mol. The maximum absolute atomic E-state index is 5.24. The number of rotatable bonds is 12. The molecule has 206 valence electrons. The van der Waals surface area contributed by atoms with Gasteiger partial charge in [0.25, 0.3) is 0 Å². The number of aryl methyl sites for hydroxylation is 2. The van der Waals surface area contributed by atoms with E-state index < -0.39 is 0 Å². The minimum Gasteiger partial charge on any atom is -0.741 e. The summed E-state index contributed by atoms with van der Waals surface area (Å²) < 4.78 is 0. The molecule has 2 aromatic rings. The fourth-order valence-electron chi connectivity index (χ4n) is 3.10. The van der Waals surface area contributed by atoms with Crippen molar-refractivity contribution in [3.8, 4) is 0 Å². The molecule has 13 heteroatoms. The standard InChI is InChI=1S/2C12H21N5S.Co/c2*1-4-6-17(7-5-2)12(18)16-13-9-11-8-10(3)14-15-11;/h2*8-9H,4-7H2,1-3H3,(H,14,15)(H,16,18);/q;;+3/p-2. The summed E-state index contributed by atoms with van der Waals surface area (Å²) in [7, 11) is 0. The maximum Gasteiger partial charge on any atom is 3.00 e. The van der Waals surface area contributed by atoms with Crippen molar-refractivity contribution < 1.29 is 16.8 Å². The first-order chi connectivity index (χ1) is 17.3. The summed E-state index contributed by atoms with van der Waals surface area (Å²) in [4.78, 5) is 4.14.